The Bertz CT molecular complexity index is 646. The van der Waals surface area contributed by atoms with Crippen LogP contribution in [0.25, 0.3) is 0 Å². The number of ketones is 1. The van der Waals surface area contributed by atoms with Crippen LogP contribution in [0.2, 0.25) is 4.31 Å². The average molecular weight is 484 g/mol. The number of rotatable bonds is 16. The second-order valence-electron chi connectivity index (χ2n) is 7.49. The number of carbonyl (C=O) groups excluding carboxylic acids is 3. The van der Waals surface area contributed by atoms with Crippen LogP contribution in [0, 0.1) is 0 Å². The fraction of sp³-hybridized carbons (Fsp3) is 0.625. The van der Waals surface area contributed by atoms with Crippen LogP contribution in [0.5, 0.6) is 0 Å². The van der Waals surface area contributed by atoms with Gasteiger partial charge in [0.2, 0.25) is 0 Å². The molecule has 6 heteroatoms. The van der Waals surface area contributed by atoms with Crippen molar-refractivity contribution in [3.05, 3.63) is 30.3 Å². The molecule has 1 atom stereocenters. The Balaban J connectivity index is 2.72. The molecular formula is C24H36O5Se. The van der Waals surface area contributed by atoms with Crippen LogP contribution in [0.1, 0.15) is 77.6 Å². The summed E-state index contributed by atoms with van der Waals surface area (Å²) in [7, 11) is 2.43. The van der Waals surface area contributed by atoms with E-state index in [-0.39, 0.29) is 0 Å². The number of benzene rings is 1. The quantitative estimate of drug-likeness (QED) is 0.115. The summed E-state index contributed by atoms with van der Waals surface area (Å²) in [5.41, 5.74) is 0. The maximum absolute atomic E-state index is 12.9. The van der Waals surface area contributed by atoms with Crippen molar-refractivity contribution in [2.45, 2.75) is 81.9 Å². The Morgan fingerprint density at radius 1 is 0.800 bits per heavy atom. The van der Waals surface area contributed by atoms with Crippen LogP contribution in [0.15, 0.2) is 30.3 Å². The summed E-state index contributed by atoms with van der Waals surface area (Å²) in [6.45, 7) is 2.22. The molecule has 0 aromatic heterocycles. The first-order valence-electron chi connectivity index (χ1n) is 11.0. The van der Waals surface area contributed by atoms with E-state index in [2.05, 4.69) is 11.7 Å². The standard InChI is InChI=1S/C24H36O5Se/c1-4-5-6-7-8-9-10-11-12-16-19-24(23(27)29-3,21(25)22(26)28-2)30-20-17-14-13-15-18-20/h13-15,17-18H,4-12,16,19H2,1-3H3/t24-/m1/s1. The minimum atomic E-state index is -1.48. The maximum atomic E-state index is 12.9. The number of ether oxygens (including phenoxy) is 2. The van der Waals surface area contributed by atoms with Gasteiger partial charge in [-0.2, -0.15) is 0 Å². The molecule has 0 radical (unpaired) electrons. The van der Waals surface area contributed by atoms with Crippen LogP contribution < -0.4 is 4.46 Å². The summed E-state index contributed by atoms with van der Waals surface area (Å²) >= 11 is -0.577. The summed E-state index contributed by atoms with van der Waals surface area (Å²) in [5.74, 6) is -2.42. The van der Waals surface area contributed by atoms with E-state index in [1.807, 2.05) is 30.3 Å². The molecule has 0 saturated heterocycles. The van der Waals surface area contributed by atoms with Gasteiger partial charge in [0.25, 0.3) is 0 Å². The number of hydrogen-bond acceptors (Lipinski definition) is 5. The van der Waals surface area contributed by atoms with E-state index in [9.17, 15) is 14.4 Å². The predicted molar refractivity (Wildman–Crippen MR) is 120 cm³/mol. The molecule has 0 saturated carbocycles. The predicted octanol–water partition coefficient (Wildman–Crippen LogP) is 4.40. The molecule has 0 heterocycles. The topological polar surface area (TPSA) is 69.7 Å². The fourth-order valence-corrected chi connectivity index (χ4v) is 6.12. The van der Waals surface area contributed by atoms with Crippen molar-refractivity contribution in [2.75, 3.05) is 14.2 Å². The number of carbonyl (C=O) groups is 3. The van der Waals surface area contributed by atoms with Crippen molar-refractivity contribution < 1.29 is 23.9 Å². The van der Waals surface area contributed by atoms with Crippen molar-refractivity contribution in [3.63, 3.8) is 0 Å². The molecule has 0 N–H and O–H groups in total. The molecule has 0 fully saturated rings. The molecule has 30 heavy (non-hydrogen) atoms. The first kappa shape index (κ1) is 26.4. The molecule has 5 nitrogen and oxygen atoms in total. The number of unbranched alkanes of at least 4 members (excludes halogenated alkanes) is 9. The average Bonchev–Trinajstić information content (AvgIpc) is 2.78. The Labute approximate surface area is 187 Å². The molecule has 0 bridgehead atoms. The zero-order chi connectivity index (χ0) is 22.2. The van der Waals surface area contributed by atoms with Gasteiger partial charge in [-0.15, -0.1) is 0 Å². The van der Waals surface area contributed by atoms with E-state index in [4.69, 9.17) is 4.74 Å². The summed E-state index contributed by atoms with van der Waals surface area (Å²) < 4.78 is 9.06. The monoisotopic (exact) mass is 484 g/mol. The van der Waals surface area contributed by atoms with Crippen molar-refractivity contribution in [2.24, 2.45) is 0 Å². The molecule has 0 unspecified atom stereocenters. The van der Waals surface area contributed by atoms with Gasteiger partial charge in [0.1, 0.15) is 0 Å². The third kappa shape index (κ3) is 8.61. The molecule has 0 aliphatic carbocycles. The number of methoxy groups -OCH3 is 2. The van der Waals surface area contributed by atoms with Gasteiger partial charge in [-0.1, -0.05) is 6.92 Å². The molecule has 1 aromatic rings. The molecule has 0 aliphatic rings. The van der Waals surface area contributed by atoms with E-state index in [1.165, 1.54) is 45.6 Å². The van der Waals surface area contributed by atoms with Crippen LogP contribution in [0.4, 0.5) is 0 Å². The van der Waals surface area contributed by atoms with E-state index in [0.29, 0.717) is 12.8 Å². The van der Waals surface area contributed by atoms with Gasteiger partial charge in [-0.3, -0.25) is 0 Å². The van der Waals surface area contributed by atoms with Crippen LogP contribution >= 0.6 is 0 Å². The molecular weight excluding hydrogens is 447 g/mol. The zero-order valence-electron chi connectivity index (χ0n) is 18.6. The van der Waals surface area contributed by atoms with Crippen LogP contribution in [-0.4, -0.2) is 46.9 Å². The van der Waals surface area contributed by atoms with Crippen molar-refractivity contribution in [1.82, 2.24) is 0 Å². The van der Waals surface area contributed by atoms with Crippen LogP contribution in [-0.2, 0) is 23.9 Å². The first-order valence-corrected chi connectivity index (χ1v) is 12.7. The SMILES string of the molecule is CCCCCCCCCCCC[C@]([Se]c1ccccc1)(C(=O)OC)C(=O)C(=O)OC. The first-order chi connectivity index (χ1) is 14.5. The number of esters is 2. The van der Waals surface area contributed by atoms with Crippen molar-refractivity contribution >= 4 is 37.1 Å². The second-order valence-corrected chi connectivity index (χ2v) is 10.4. The third-order valence-corrected chi connectivity index (χ3v) is 8.13. The molecule has 1 rings (SSSR count). The van der Waals surface area contributed by atoms with Crippen LogP contribution in [0.3, 0.4) is 0 Å². The fourth-order valence-electron chi connectivity index (χ4n) is 3.42. The molecule has 0 amide bonds. The van der Waals surface area contributed by atoms with Crippen molar-refractivity contribution in [3.8, 4) is 0 Å². The Kier molecular flexibility index (Phi) is 13.4. The van der Waals surface area contributed by atoms with Gasteiger partial charge in [-0.25, -0.2) is 0 Å². The summed E-state index contributed by atoms with van der Waals surface area (Å²) in [6.07, 6.45) is 11.8. The Hall–Kier alpha value is -1.65. The van der Waals surface area contributed by atoms with E-state index in [0.717, 1.165) is 30.8 Å². The van der Waals surface area contributed by atoms with Crippen molar-refractivity contribution in [1.29, 1.82) is 0 Å². The van der Waals surface area contributed by atoms with Gasteiger partial charge >= 0.3 is 180 Å². The number of hydrogen-bond donors (Lipinski definition) is 0. The van der Waals surface area contributed by atoms with Gasteiger partial charge in [0.05, 0.1) is 0 Å². The van der Waals surface area contributed by atoms with Gasteiger partial charge in [-0.05, 0) is 0 Å². The van der Waals surface area contributed by atoms with E-state index in [1.54, 1.807) is 0 Å². The minimum absolute atomic E-state index is 0.305. The Morgan fingerprint density at radius 3 is 1.83 bits per heavy atom. The molecule has 168 valence electrons. The summed E-state index contributed by atoms with van der Waals surface area (Å²) in [4.78, 5) is 37.8. The zero-order valence-corrected chi connectivity index (χ0v) is 20.3. The van der Waals surface area contributed by atoms with Gasteiger partial charge in [0.15, 0.2) is 0 Å². The second kappa shape index (κ2) is 15.2. The van der Waals surface area contributed by atoms with Gasteiger partial charge < -0.3 is 0 Å². The third-order valence-electron chi connectivity index (χ3n) is 5.17. The molecule has 0 aliphatic heterocycles. The molecule has 1 aromatic carbocycles. The molecule has 0 spiro atoms. The van der Waals surface area contributed by atoms with E-state index >= 15 is 0 Å². The summed E-state index contributed by atoms with van der Waals surface area (Å²) in [6, 6.07) is 9.36. The normalized spacial score (nSPS) is 12.8. The number of Topliss-reactive ketones (excluding diaryl/α,β-unsaturated/α-hetero) is 1. The van der Waals surface area contributed by atoms with E-state index < -0.39 is 37.0 Å². The van der Waals surface area contributed by atoms with Gasteiger partial charge in [0, 0.05) is 0 Å². The summed E-state index contributed by atoms with van der Waals surface area (Å²) in [5, 5.41) is 0. The Morgan fingerprint density at radius 2 is 1.33 bits per heavy atom.